The van der Waals surface area contributed by atoms with Crippen LogP contribution in [0.2, 0.25) is 0 Å². The van der Waals surface area contributed by atoms with Crippen LogP contribution in [-0.2, 0) is 6.42 Å². The van der Waals surface area contributed by atoms with Crippen LogP contribution in [0.15, 0.2) is 6.33 Å². The highest BCUT2D eigenvalue weighted by Crippen LogP contribution is 2.25. The van der Waals surface area contributed by atoms with Gasteiger partial charge in [-0.15, -0.1) is 0 Å². The fourth-order valence-corrected chi connectivity index (χ4v) is 1.42. The molecule has 17 heavy (non-hydrogen) atoms. The van der Waals surface area contributed by atoms with Crippen molar-refractivity contribution >= 4 is 11.6 Å². The predicted molar refractivity (Wildman–Crippen MR) is 71.8 cm³/mol. The molecular formula is C12H23N5. The van der Waals surface area contributed by atoms with Gasteiger partial charge in [0.1, 0.15) is 18.0 Å². The first-order chi connectivity index (χ1) is 7.90. The van der Waals surface area contributed by atoms with Gasteiger partial charge >= 0.3 is 0 Å². The lowest BCUT2D eigenvalue weighted by Crippen LogP contribution is -2.31. The van der Waals surface area contributed by atoms with Crippen molar-refractivity contribution in [1.82, 2.24) is 9.97 Å². The highest BCUT2D eigenvalue weighted by atomic mass is 15.3. The first-order valence-corrected chi connectivity index (χ1v) is 5.97. The Morgan fingerprint density at radius 3 is 2.35 bits per heavy atom. The van der Waals surface area contributed by atoms with Crippen molar-refractivity contribution in [3.05, 3.63) is 11.9 Å². The zero-order chi connectivity index (χ0) is 13.1. The molecular weight excluding hydrogens is 214 g/mol. The summed E-state index contributed by atoms with van der Waals surface area (Å²) in [6.45, 7) is 10.8. The van der Waals surface area contributed by atoms with Crippen LogP contribution in [0, 0.1) is 5.41 Å². The van der Waals surface area contributed by atoms with E-state index in [9.17, 15) is 0 Å². The number of aromatic nitrogens is 2. The van der Waals surface area contributed by atoms with Gasteiger partial charge in [-0.1, -0.05) is 27.7 Å². The largest absolute Gasteiger partial charge is 0.367 e. The Hall–Kier alpha value is -1.36. The summed E-state index contributed by atoms with van der Waals surface area (Å²) in [5.74, 6) is 6.99. The molecule has 5 nitrogen and oxygen atoms in total. The van der Waals surface area contributed by atoms with Crippen molar-refractivity contribution in [2.45, 2.75) is 47.1 Å². The van der Waals surface area contributed by atoms with E-state index in [2.05, 4.69) is 55.3 Å². The molecule has 1 atom stereocenters. The van der Waals surface area contributed by atoms with Crippen molar-refractivity contribution in [2.75, 3.05) is 10.7 Å². The number of hydrazine groups is 1. The fraction of sp³-hybridized carbons (Fsp3) is 0.667. The second kappa shape index (κ2) is 5.31. The van der Waals surface area contributed by atoms with Gasteiger partial charge in [-0.25, -0.2) is 15.8 Å². The maximum atomic E-state index is 5.44. The molecule has 0 spiro atoms. The number of hydrogen-bond donors (Lipinski definition) is 3. The lowest BCUT2D eigenvalue weighted by molar-refractivity contribution is 0.358. The van der Waals surface area contributed by atoms with E-state index in [0.717, 1.165) is 17.8 Å². The minimum absolute atomic E-state index is 0.173. The van der Waals surface area contributed by atoms with Gasteiger partial charge in [0, 0.05) is 11.6 Å². The summed E-state index contributed by atoms with van der Waals surface area (Å²) in [6.07, 6.45) is 2.35. The minimum atomic E-state index is 0.173. The van der Waals surface area contributed by atoms with E-state index in [0.29, 0.717) is 11.9 Å². The molecule has 1 heterocycles. The smallest absolute Gasteiger partial charge is 0.148 e. The summed E-state index contributed by atoms with van der Waals surface area (Å²) in [5, 5.41) is 3.43. The Balaban J connectivity index is 2.98. The zero-order valence-corrected chi connectivity index (χ0v) is 11.3. The molecule has 1 aromatic rings. The quantitative estimate of drug-likeness (QED) is 0.552. The molecule has 1 rings (SSSR count). The van der Waals surface area contributed by atoms with E-state index in [1.165, 1.54) is 6.33 Å². The van der Waals surface area contributed by atoms with Gasteiger partial charge in [-0.2, -0.15) is 0 Å². The second-order valence-corrected chi connectivity index (χ2v) is 5.28. The topological polar surface area (TPSA) is 75.9 Å². The molecule has 1 unspecified atom stereocenters. The number of anilines is 2. The molecule has 0 aromatic carbocycles. The molecule has 0 saturated carbocycles. The second-order valence-electron chi connectivity index (χ2n) is 5.28. The maximum absolute atomic E-state index is 5.44. The summed E-state index contributed by atoms with van der Waals surface area (Å²) >= 11 is 0. The van der Waals surface area contributed by atoms with Crippen LogP contribution >= 0.6 is 0 Å². The highest BCUT2D eigenvalue weighted by molar-refractivity contribution is 5.57. The monoisotopic (exact) mass is 237 g/mol. The molecule has 96 valence electrons. The summed E-state index contributed by atoms with van der Waals surface area (Å²) in [7, 11) is 0. The molecule has 4 N–H and O–H groups in total. The van der Waals surface area contributed by atoms with E-state index in [-0.39, 0.29) is 5.41 Å². The number of hydrogen-bond acceptors (Lipinski definition) is 5. The number of nitrogens with zero attached hydrogens (tertiary/aromatic N) is 2. The van der Waals surface area contributed by atoms with Crippen molar-refractivity contribution in [3.8, 4) is 0 Å². The predicted octanol–water partition coefficient (Wildman–Crippen LogP) is 2.17. The van der Waals surface area contributed by atoms with Gasteiger partial charge in [0.2, 0.25) is 0 Å². The average Bonchev–Trinajstić information content (AvgIpc) is 2.27. The SMILES string of the molecule is CCc1c(NN)ncnc1NC(C)C(C)(C)C. The number of nitrogens with one attached hydrogen (secondary N) is 2. The van der Waals surface area contributed by atoms with Crippen LogP contribution in [0.5, 0.6) is 0 Å². The van der Waals surface area contributed by atoms with Crippen LogP contribution in [-0.4, -0.2) is 16.0 Å². The Kier molecular flexibility index (Phi) is 4.28. The van der Waals surface area contributed by atoms with Gasteiger partial charge < -0.3 is 10.7 Å². The van der Waals surface area contributed by atoms with Crippen LogP contribution in [0.4, 0.5) is 11.6 Å². The number of nitrogens with two attached hydrogens (primary N) is 1. The standard InChI is InChI=1S/C12H23N5/c1-6-9-10(14-7-15-11(9)17-13)16-8(2)12(3,4)5/h7-8H,6,13H2,1-5H3,(H2,14,15,16,17). The first kappa shape index (κ1) is 13.7. The third-order valence-electron chi connectivity index (χ3n) is 3.09. The molecule has 1 aromatic heterocycles. The summed E-state index contributed by atoms with van der Waals surface area (Å²) in [4.78, 5) is 8.40. The number of nitrogen functional groups attached to an aromatic ring is 1. The van der Waals surface area contributed by atoms with E-state index in [4.69, 9.17) is 5.84 Å². The Labute approximate surface area is 103 Å². The van der Waals surface area contributed by atoms with E-state index in [1.807, 2.05) is 0 Å². The van der Waals surface area contributed by atoms with Crippen molar-refractivity contribution in [2.24, 2.45) is 11.3 Å². The molecule has 0 amide bonds. The average molecular weight is 237 g/mol. The lowest BCUT2D eigenvalue weighted by Gasteiger charge is -2.29. The van der Waals surface area contributed by atoms with E-state index < -0.39 is 0 Å². The van der Waals surface area contributed by atoms with E-state index >= 15 is 0 Å². The zero-order valence-electron chi connectivity index (χ0n) is 11.3. The van der Waals surface area contributed by atoms with Crippen molar-refractivity contribution in [1.29, 1.82) is 0 Å². The van der Waals surface area contributed by atoms with Gasteiger partial charge in [-0.3, -0.25) is 0 Å². The van der Waals surface area contributed by atoms with Crippen molar-refractivity contribution < 1.29 is 0 Å². The van der Waals surface area contributed by atoms with Gasteiger partial charge in [-0.05, 0) is 18.8 Å². The van der Waals surface area contributed by atoms with Crippen LogP contribution < -0.4 is 16.6 Å². The Bertz CT molecular complexity index is 370. The van der Waals surface area contributed by atoms with Crippen molar-refractivity contribution in [3.63, 3.8) is 0 Å². The molecule has 0 fully saturated rings. The highest BCUT2D eigenvalue weighted by Gasteiger charge is 2.21. The van der Waals surface area contributed by atoms with E-state index in [1.54, 1.807) is 0 Å². The molecule has 5 heteroatoms. The lowest BCUT2D eigenvalue weighted by atomic mass is 9.88. The third kappa shape index (κ3) is 3.30. The fourth-order valence-electron chi connectivity index (χ4n) is 1.42. The Morgan fingerprint density at radius 2 is 1.88 bits per heavy atom. The molecule has 0 aliphatic rings. The summed E-state index contributed by atoms with van der Waals surface area (Å²) in [6, 6.07) is 0.313. The summed E-state index contributed by atoms with van der Waals surface area (Å²) < 4.78 is 0. The van der Waals surface area contributed by atoms with Crippen LogP contribution in [0.25, 0.3) is 0 Å². The maximum Gasteiger partial charge on any atom is 0.148 e. The minimum Gasteiger partial charge on any atom is -0.367 e. The Morgan fingerprint density at radius 1 is 1.29 bits per heavy atom. The van der Waals surface area contributed by atoms with Crippen LogP contribution in [0.3, 0.4) is 0 Å². The molecule has 0 radical (unpaired) electrons. The first-order valence-electron chi connectivity index (χ1n) is 5.97. The van der Waals surface area contributed by atoms with Gasteiger partial charge in [0.25, 0.3) is 0 Å². The van der Waals surface area contributed by atoms with Crippen LogP contribution in [0.1, 0.15) is 40.2 Å². The normalized spacial score (nSPS) is 13.3. The summed E-state index contributed by atoms with van der Waals surface area (Å²) in [5.41, 5.74) is 3.80. The van der Waals surface area contributed by atoms with Gasteiger partial charge in [0.15, 0.2) is 0 Å². The molecule has 0 bridgehead atoms. The molecule has 0 aliphatic heterocycles. The van der Waals surface area contributed by atoms with Gasteiger partial charge in [0.05, 0.1) is 0 Å². The molecule has 0 aliphatic carbocycles. The number of rotatable bonds is 4. The molecule has 0 saturated heterocycles. The third-order valence-corrected chi connectivity index (χ3v) is 3.09.